The summed E-state index contributed by atoms with van der Waals surface area (Å²) < 4.78 is 5.12. The van der Waals surface area contributed by atoms with Crippen LogP contribution in [-0.2, 0) is 5.54 Å². The molecule has 29 heavy (non-hydrogen) atoms. The summed E-state index contributed by atoms with van der Waals surface area (Å²) in [5, 5.41) is 7.10. The van der Waals surface area contributed by atoms with E-state index in [1.54, 1.807) is 19.1 Å². The lowest BCUT2D eigenvalue weighted by atomic mass is 9.95. The Hall–Kier alpha value is -3.03. The molecule has 1 N–H and O–H groups in total. The van der Waals surface area contributed by atoms with Gasteiger partial charge < -0.3 is 9.84 Å². The molecule has 2 heterocycles. The minimum atomic E-state index is -0.666. The molecule has 1 saturated carbocycles. The van der Waals surface area contributed by atoms with Crippen molar-refractivity contribution in [1.82, 2.24) is 20.4 Å². The molecule has 8 nitrogen and oxygen atoms in total. The van der Waals surface area contributed by atoms with Gasteiger partial charge in [-0.25, -0.2) is 0 Å². The van der Waals surface area contributed by atoms with E-state index >= 15 is 0 Å². The molecule has 3 amide bonds. The third-order valence-corrected chi connectivity index (χ3v) is 5.73. The minimum absolute atomic E-state index is 0.287. The first-order valence-corrected chi connectivity index (χ1v) is 10.1. The largest absolute Gasteiger partial charge is 0.340 e. The van der Waals surface area contributed by atoms with E-state index in [2.05, 4.69) is 15.5 Å². The second-order valence-electron chi connectivity index (χ2n) is 7.76. The monoisotopic (exact) mass is 396 g/mol. The van der Waals surface area contributed by atoms with Crippen molar-refractivity contribution in [1.29, 1.82) is 0 Å². The topological polar surface area (TPSA) is 105 Å². The fraction of sp³-hybridized carbons (Fsp3) is 0.476. The average molecular weight is 396 g/mol. The Morgan fingerprint density at radius 1 is 1.21 bits per heavy atom. The smallest absolute Gasteiger partial charge is 0.261 e. The van der Waals surface area contributed by atoms with E-state index in [0.29, 0.717) is 29.4 Å². The number of benzene rings is 1. The molecule has 8 heteroatoms. The molecule has 0 spiro atoms. The number of hydrogen-bond donors (Lipinski definition) is 1. The number of rotatable bonds is 6. The molecule has 2 aromatic rings. The second kappa shape index (κ2) is 7.42. The minimum Gasteiger partial charge on any atom is -0.340 e. The van der Waals surface area contributed by atoms with Crippen molar-refractivity contribution in [2.45, 2.75) is 57.9 Å². The van der Waals surface area contributed by atoms with Gasteiger partial charge in [-0.1, -0.05) is 31.3 Å². The van der Waals surface area contributed by atoms with Gasteiger partial charge in [0.1, 0.15) is 5.54 Å². The van der Waals surface area contributed by atoms with Gasteiger partial charge in [0.2, 0.25) is 5.89 Å². The summed E-state index contributed by atoms with van der Waals surface area (Å²) in [7, 11) is 0. The van der Waals surface area contributed by atoms with Crippen LogP contribution in [0, 0.1) is 6.92 Å². The summed E-state index contributed by atoms with van der Waals surface area (Å²) in [6.07, 6.45) is 5.01. The zero-order valence-corrected chi connectivity index (χ0v) is 16.7. The van der Waals surface area contributed by atoms with Crippen LogP contribution in [0.4, 0.5) is 0 Å². The SMILES string of the molecule is CCCCN1C(=O)c2ccc(C(=O)NC3(c4noc(C)n4)CCCC3)cc2C1=O. The van der Waals surface area contributed by atoms with Gasteiger partial charge in [0.15, 0.2) is 5.82 Å². The van der Waals surface area contributed by atoms with Crippen molar-refractivity contribution >= 4 is 17.7 Å². The van der Waals surface area contributed by atoms with Crippen molar-refractivity contribution in [3.8, 4) is 0 Å². The van der Waals surface area contributed by atoms with E-state index in [9.17, 15) is 14.4 Å². The molecule has 0 bridgehead atoms. The van der Waals surface area contributed by atoms with Crippen molar-refractivity contribution in [2.24, 2.45) is 0 Å². The van der Waals surface area contributed by atoms with E-state index in [-0.39, 0.29) is 23.3 Å². The van der Waals surface area contributed by atoms with Crippen molar-refractivity contribution in [3.05, 3.63) is 46.6 Å². The number of nitrogens with zero attached hydrogens (tertiary/aromatic N) is 3. The molecule has 0 radical (unpaired) electrons. The normalized spacial score (nSPS) is 17.7. The van der Waals surface area contributed by atoms with Crippen LogP contribution in [0.15, 0.2) is 22.7 Å². The van der Waals surface area contributed by atoms with Gasteiger partial charge >= 0.3 is 0 Å². The molecule has 1 aliphatic heterocycles. The van der Waals surface area contributed by atoms with Crippen molar-refractivity contribution in [3.63, 3.8) is 0 Å². The van der Waals surface area contributed by atoms with Crippen LogP contribution >= 0.6 is 0 Å². The number of carbonyl (C=O) groups excluding carboxylic acids is 3. The lowest BCUT2D eigenvalue weighted by Crippen LogP contribution is -2.44. The summed E-state index contributed by atoms with van der Waals surface area (Å²) in [5.41, 5.74) is 0.316. The van der Waals surface area contributed by atoms with Crippen LogP contribution in [0.5, 0.6) is 0 Å². The quantitative estimate of drug-likeness (QED) is 0.753. The number of imide groups is 1. The summed E-state index contributed by atoms with van der Waals surface area (Å²) >= 11 is 0. The Balaban J connectivity index is 1.59. The highest BCUT2D eigenvalue weighted by Gasteiger charge is 2.42. The second-order valence-corrected chi connectivity index (χ2v) is 7.76. The van der Waals surface area contributed by atoms with E-state index in [1.165, 1.54) is 11.0 Å². The van der Waals surface area contributed by atoms with Crippen molar-refractivity contribution in [2.75, 3.05) is 6.54 Å². The lowest BCUT2D eigenvalue weighted by Gasteiger charge is -2.26. The highest BCUT2D eigenvalue weighted by molar-refractivity contribution is 6.22. The number of aromatic nitrogens is 2. The zero-order chi connectivity index (χ0) is 20.6. The molecule has 152 valence electrons. The Labute approximate surface area is 168 Å². The van der Waals surface area contributed by atoms with Crippen LogP contribution in [0.25, 0.3) is 0 Å². The van der Waals surface area contributed by atoms with Crippen LogP contribution in [0.3, 0.4) is 0 Å². The maximum absolute atomic E-state index is 13.0. The van der Waals surface area contributed by atoms with Gasteiger partial charge in [0.25, 0.3) is 17.7 Å². The van der Waals surface area contributed by atoms with Gasteiger partial charge in [-0.15, -0.1) is 0 Å². The van der Waals surface area contributed by atoms with Crippen LogP contribution in [-0.4, -0.2) is 39.3 Å². The highest BCUT2D eigenvalue weighted by atomic mass is 16.5. The van der Waals surface area contributed by atoms with Crippen LogP contribution < -0.4 is 5.32 Å². The van der Waals surface area contributed by atoms with Crippen molar-refractivity contribution < 1.29 is 18.9 Å². The molecule has 0 unspecified atom stereocenters. The Bertz CT molecular complexity index is 975. The number of aryl methyl sites for hydroxylation is 1. The summed E-state index contributed by atoms with van der Waals surface area (Å²) in [6.45, 7) is 4.11. The molecular formula is C21H24N4O4. The standard InChI is InChI=1S/C21H24N4O4/c1-3-4-11-25-18(27)15-8-7-14(12-16(15)19(25)28)17(26)23-21(9-5-6-10-21)20-22-13(2)29-24-20/h7-8,12H,3-6,9-11H2,1-2H3,(H,23,26). The Kier molecular flexibility index (Phi) is 4.94. The highest BCUT2D eigenvalue weighted by Crippen LogP contribution is 2.37. The number of hydrogen-bond acceptors (Lipinski definition) is 6. The van der Waals surface area contributed by atoms with Gasteiger partial charge in [-0.05, 0) is 37.5 Å². The first-order chi connectivity index (χ1) is 13.9. The Morgan fingerprint density at radius 2 is 1.93 bits per heavy atom. The fourth-order valence-corrected chi connectivity index (χ4v) is 4.12. The molecule has 2 aliphatic rings. The number of unbranched alkanes of at least 4 members (excludes halogenated alkanes) is 1. The summed E-state index contributed by atoms with van der Waals surface area (Å²) in [6, 6.07) is 4.67. The number of carbonyl (C=O) groups is 3. The number of fused-ring (bicyclic) bond motifs is 1. The first-order valence-electron chi connectivity index (χ1n) is 10.1. The predicted octanol–water partition coefficient (Wildman–Crippen LogP) is 2.97. The first kappa shape index (κ1) is 19.3. The van der Waals surface area contributed by atoms with Crippen LogP contribution in [0.2, 0.25) is 0 Å². The third kappa shape index (κ3) is 3.32. The maximum Gasteiger partial charge on any atom is 0.261 e. The van der Waals surface area contributed by atoms with E-state index in [1.807, 2.05) is 6.92 Å². The van der Waals surface area contributed by atoms with E-state index in [0.717, 1.165) is 38.5 Å². The fourth-order valence-electron chi connectivity index (χ4n) is 4.12. The van der Waals surface area contributed by atoms with Gasteiger partial charge in [0.05, 0.1) is 11.1 Å². The molecule has 0 atom stereocenters. The zero-order valence-electron chi connectivity index (χ0n) is 16.7. The molecule has 4 rings (SSSR count). The van der Waals surface area contributed by atoms with Gasteiger partial charge in [-0.2, -0.15) is 4.98 Å². The molecule has 0 saturated heterocycles. The molecule has 1 aliphatic carbocycles. The molecule has 1 aromatic heterocycles. The average Bonchev–Trinajstić information content (AvgIpc) is 3.41. The van der Waals surface area contributed by atoms with E-state index in [4.69, 9.17) is 4.52 Å². The third-order valence-electron chi connectivity index (χ3n) is 5.73. The summed E-state index contributed by atoms with van der Waals surface area (Å²) in [4.78, 5) is 43.8. The predicted molar refractivity (Wildman–Crippen MR) is 103 cm³/mol. The lowest BCUT2D eigenvalue weighted by molar-refractivity contribution is 0.0652. The Morgan fingerprint density at radius 3 is 2.59 bits per heavy atom. The molecular weight excluding hydrogens is 372 g/mol. The van der Waals surface area contributed by atoms with Gasteiger partial charge in [-0.3, -0.25) is 19.3 Å². The number of amides is 3. The molecule has 1 fully saturated rings. The van der Waals surface area contributed by atoms with Crippen LogP contribution in [0.1, 0.15) is 88.2 Å². The van der Waals surface area contributed by atoms with E-state index < -0.39 is 5.54 Å². The molecule has 1 aromatic carbocycles. The number of nitrogens with one attached hydrogen (secondary N) is 1. The maximum atomic E-state index is 13.0. The summed E-state index contributed by atoms with van der Waals surface area (Å²) in [5.74, 6) is -0.00448. The van der Waals surface area contributed by atoms with Gasteiger partial charge in [0, 0.05) is 19.0 Å².